The van der Waals surface area contributed by atoms with Crippen LogP contribution in [0, 0.1) is 0 Å². The molecule has 75 valence electrons. The van der Waals surface area contributed by atoms with Crippen molar-refractivity contribution < 1.29 is 21.5 Å². The molecule has 0 fully saturated rings. The summed E-state index contributed by atoms with van der Waals surface area (Å²) < 4.78 is 4.98. The van der Waals surface area contributed by atoms with E-state index in [-0.39, 0.29) is 0 Å². The molecule has 0 saturated heterocycles. The molecule has 2 nitrogen and oxygen atoms in total. The first-order chi connectivity index (χ1) is 5.77. The van der Waals surface area contributed by atoms with Gasteiger partial charge >= 0.3 is 75.4 Å². The Balaban J connectivity index is 3.85. The molecule has 0 aromatic heterocycles. The SMILES string of the molecule is [CH3][Ir]([CH3])([CH3])(=[C]=O)(=[C]=O)[C]1=CC=CC1. The van der Waals surface area contributed by atoms with Crippen LogP contribution in [0.3, 0.4) is 0 Å². The maximum absolute atomic E-state index is 11.1. The third-order valence-electron chi connectivity index (χ3n) is 2.11. The second kappa shape index (κ2) is 2.20. The van der Waals surface area contributed by atoms with Crippen LogP contribution in [0.1, 0.15) is 6.42 Å². The summed E-state index contributed by atoms with van der Waals surface area (Å²) in [7, 11) is 0. The molecule has 0 heterocycles. The van der Waals surface area contributed by atoms with E-state index in [1.807, 2.05) is 27.0 Å². The number of hydrogen-bond acceptors (Lipinski definition) is 2. The molecule has 3 heteroatoms. The van der Waals surface area contributed by atoms with Crippen molar-refractivity contribution in [2.75, 3.05) is 0 Å². The van der Waals surface area contributed by atoms with Crippen LogP contribution in [0.25, 0.3) is 0 Å². The maximum atomic E-state index is 11.1. The third-order valence-corrected chi connectivity index (χ3v) is 13.1. The second-order valence-corrected chi connectivity index (χ2v) is 26.4. The van der Waals surface area contributed by atoms with E-state index in [2.05, 4.69) is 0 Å². The fraction of sp³-hybridized carbons (Fsp3) is 0.400. The van der Waals surface area contributed by atoms with Gasteiger partial charge < -0.3 is 0 Å². The summed E-state index contributed by atoms with van der Waals surface area (Å²) in [5.41, 5.74) is 5.25. The Labute approximate surface area is 75.6 Å². The van der Waals surface area contributed by atoms with Gasteiger partial charge in [-0.1, -0.05) is 0 Å². The molecule has 1 aliphatic rings. The molecule has 0 N–H and O–H groups in total. The van der Waals surface area contributed by atoms with Gasteiger partial charge in [-0.2, -0.15) is 0 Å². The van der Waals surface area contributed by atoms with Crippen LogP contribution in [0.4, 0.5) is 0 Å². The molecule has 1 rings (SSSR count). The molecule has 0 amide bonds. The van der Waals surface area contributed by atoms with Crippen LogP contribution in [-0.4, -0.2) is 8.79 Å². The summed E-state index contributed by atoms with van der Waals surface area (Å²) in [4.78, 5) is 22.2. The fourth-order valence-corrected chi connectivity index (χ4v) is 5.80. The van der Waals surface area contributed by atoms with Crippen molar-refractivity contribution in [2.24, 2.45) is 0 Å². The van der Waals surface area contributed by atoms with E-state index in [9.17, 15) is 9.59 Å². The van der Waals surface area contributed by atoms with E-state index in [0.29, 0.717) is 6.42 Å². The summed E-state index contributed by atoms with van der Waals surface area (Å²) >= 11 is -4.34. The van der Waals surface area contributed by atoms with Gasteiger partial charge in [0.05, 0.1) is 0 Å². The molecule has 0 atom stereocenters. The predicted octanol–water partition coefficient (Wildman–Crippen LogP) is 2.33. The number of carbonyl (C=O) groups excluding carboxylic acids is 2. The van der Waals surface area contributed by atoms with Crippen molar-refractivity contribution >= 4 is 8.79 Å². The van der Waals surface area contributed by atoms with E-state index >= 15 is 0 Å². The average molecular weight is 358 g/mol. The van der Waals surface area contributed by atoms with Crippen molar-refractivity contribution in [3.8, 4) is 0 Å². The van der Waals surface area contributed by atoms with E-state index in [1.54, 1.807) is 16.3 Å². The van der Waals surface area contributed by atoms with E-state index < -0.39 is 12.0 Å². The van der Waals surface area contributed by atoms with Gasteiger partial charge in [0.2, 0.25) is 0 Å². The van der Waals surface area contributed by atoms with Gasteiger partial charge in [-0.15, -0.1) is 0 Å². The van der Waals surface area contributed by atoms with Gasteiger partial charge in [0.15, 0.2) is 0 Å². The molecule has 0 unspecified atom stereocenters. The van der Waals surface area contributed by atoms with E-state index in [0.717, 1.165) is 4.09 Å². The fourth-order valence-electron chi connectivity index (χ4n) is 1.01. The van der Waals surface area contributed by atoms with Gasteiger partial charge in [-0.3, -0.25) is 0 Å². The average Bonchev–Trinajstić information content (AvgIpc) is 2.58. The van der Waals surface area contributed by atoms with Crippen LogP contribution >= 0.6 is 0 Å². The standard InChI is InChI=1S/C5H5.2CO.3CH3.Ir/c1-2-4-5-3-1;2*1-2;;;;/h1-3H,4H2;;;3*1H3;. The van der Waals surface area contributed by atoms with Crippen molar-refractivity contribution in [3.05, 3.63) is 22.3 Å². The molecule has 0 radical (unpaired) electrons. The zero-order chi connectivity index (χ0) is 10.2. The zero-order valence-electron chi connectivity index (χ0n) is 8.09. The second-order valence-electron chi connectivity index (χ2n) is 4.10. The summed E-state index contributed by atoms with van der Waals surface area (Å²) in [6.07, 6.45) is 6.38. The van der Waals surface area contributed by atoms with Crippen LogP contribution in [0.15, 0.2) is 22.3 Å². The molecule has 13 heavy (non-hydrogen) atoms. The van der Waals surface area contributed by atoms with Crippen molar-refractivity contribution in [1.82, 2.24) is 0 Å². The molecular formula is C10H14IrO2. The van der Waals surface area contributed by atoms with Crippen LogP contribution in [0.5, 0.6) is 0 Å². The topological polar surface area (TPSA) is 34.1 Å². The van der Waals surface area contributed by atoms with Gasteiger partial charge in [-0.25, -0.2) is 0 Å². The quantitative estimate of drug-likeness (QED) is 0.721. The Bertz CT molecular complexity index is 499. The summed E-state index contributed by atoms with van der Waals surface area (Å²) in [5.74, 6) is 0. The summed E-state index contributed by atoms with van der Waals surface area (Å²) in [5, 5.41) is 0. The first-order valence-corrected chi connectivity index (χ1v) is 14.4. The monoisotopic (exact) mass is 359 g/mol. The van der Waals surface area contributed by atoms with E-state index in [1.165, 1.54) is 0 Å². The van der Waals surface area contributed by atoms with Gasteiger partial charge in [0, 0.05) is 0 Å². The van der Waals surface area contributed by atoms with Crippen LogP contribution in [0.2, 0.25) is 16.3 Å². The number of allylic oxidation sites excluding steroid dienone is 4. The number of rotatable bonds is 1. The van der Waals surface area contributed by atoms with E-state index in [4.69, 9.17) is 0 Å². The van der Waals surface area contributed by atoms with Gasteiger partial charge in [0.25, 0.3) is 0 Å². The minimum absolute atomic E-state index is 0.693. The Morgan fingerprint density at radius 1 is 1.23 bits per heavy atom. The Hall–Kier alpha value is -0.711. The first-order valence-electron chi connectivity index (χ1n) is 3.63. The third kappa shape index (κ3) is 1.41. The molecule has 0 aromatic carbocycles. The molecule has 0 spiro atoms. The Morgan fingerprint density at radius 3 is 2.08 bits per heavy atom. The minimum atomic E-state index is -4.34. The molecular weight excluding hydrogens is 344 g/mol. The molecule has 0 bridgehead atoms. The molecule has 0 aliphatic heterocycles. The summed E-state index contributed by atoms with van der Waals surface area (Å²) in [6.45, 7) is 0. The van der Waals surface area contributed by atoms with Gasteiger partial charge in [0.1, 0.15) is 0 Å². The van der Waals surface area contributed by atoms with Crippen molar-refractivity contribution in [3.63, 3.8) is 0 Å². The van der Waals surface area contributed by atoms with Crippen LogP contribution < -0.4 is 0 Å². The Morgan fingerprint density at radius 2 is 1.77 bits per heavy atom. The molecule has 0 saturated carbocycles. The number of hydrogen-bond donors (Lipinski definition) is 0. The zero-order valence-corrected chi connectivity index (χ0v) is 10.5. The molecule has 1 aliphatic carbocycles. The van der Waals surface area contributed by atoms with Crippen LogP contribution in [-0.2, 0) is 21.5 Å². The Kier molecular flexibility index (Phi) is 1.76. The molecule has 0 aromatic rings. The van der Waals surface area contributed by atoms with Gasteiger partial charge in [-0.05, 0) is 0 Å². The first kappa shape index (κ1) is 10.4. The summed E-state index contributed by atoms with van der Waals surface area (Å²) in [6, 6.07) is 0. The predicted molar refractivity (Wildman–Crippen MR) is 50.8 cm³/mol. The van der Waals surface area contributed by atoms with Crippen molar-refractivity contribution in [1.29, 1.82) is 0 Å². The normalized spacial score (nSPS) is 21.0. The van der Waals surface area contributed by atoms with Crippen molar-refractivity contribution in [2.45, 2.75) is 22.7 Å².